The predicted molar refractivity (Wildman–Crippen MR) is 81.8 cm³/mol. The summed E-state index contributed by atoms with van der Waals surface area (Å²) in [4.78, 5) is 14.3. The number of ether oxygens (including phenoxy) is 1. The zero-order chi connectivity index (χ0) is 13.7. The van der Waals surface area contributed by atoms with E-state index < -0.39 is 0 Å². The second-order valence-corrected chi connectivity index (χ2v) is 5.67. The van der Waals surface area contributed by atoms with Crippen molar-refractivity contribution >= 4 is 34.2 Å². The number of thioether (sulfide) groups is 1. The van der Waals surface area contributed by atoms with E-state index in [9.17, 15) is 4.79 Å². The minimum absolute atomic E-state index is 0.0561. The minimum Gasteiger partial charge on any atom is -0.500 e. The Bertz CT molecular complexity index is 499. The van der Waals surface area contributed by atoms with Crippen molar-refractivity contribution in [2.75, 3.05) is 13.2 Å². The lowest BCUT2D eigenvalue weighted by molar-refractivity contribution is -0.122. The van der Waals surface area contributed by atoms with E-state index in [0.29, 0.717) is 22.4 Å². The van der Waals surface area contributed by atoms with Crippen LogP contribution in [0.4, 0.5) is 0 Å². The first-order valence-electron chi connectivity index (χ1n) is 6.11. The fourth-order valence-corrected chi connectivity index (χ4v) is 2.95. The number of carbonyl (C=O) groups is 1. The molecule has 1 amide bonds. The van der Waals surface area contributed by atoms with E-state index in [1.807, 2.05) is 37.3 Å². The molecule has 0 atom stereocenters. The van der Waals surface area contributed by atoms with E-state index >= 15 is 0 Å². The number of rotatable bonds is 5. The van der Waals surface area contributed by atoms with Gasteiger partial charge < -0.3 is 4.74 Å². The largest absolute Gasteiger partial charge is 0.500 e. The van der Waals surface area contributed by atoms with Crippen LogP contribution in [0.2, 0.25) is 0 Å². The van der Waals surface area contributed by atoms with Crippen molar-refractivity contribution in [2.45, 2.75) is 13.3 Å². The highest BCUT2D eigenvalue weighted by Crippen LogP contribution is 2.30. The van der Waals surface area contributed by atoms with E-state index in [2.05, 4.69) is 0 Å². The second-order valence-electron chi connectivity index (χ2n) is 4.00. The number of hydrogen-bond donors (Lipinski definition) is 0. The van der Waals surface area contributed by atoms with E-state index in [4.69, 9.17) is 17.0 Å². The molecule has 0 bridgehead atoms. The Labute approximate surface area is 122 Å². The Morgan fingerprint density at radius 2 is 2.11 bits per heavy atom. The number of nitrogens with zero attached hydrogens (tertiary/aromatic N) is 1. The third-order valence-electron chi connectivity index (χ3n) is 2.70. The minimum atomic E-state index is -0.0561. The molecule has 5 heteroatoms. The van der Waals surface area contributed by atoms with Crippen molar-refractivity contribution < 1.29 is 9.53 Å². The van der Waals surface area contributed by atoms with Crippen molar-refractivity contribution in [2.24, 2.45) is 0 Å². The standard InChI is InChI=1S/C14H15NO2S2/c1-2-17-10-12-13(16)15(14(18)19-12)9-8-11-6-4-3-5-7-11/h3-7,10H,2,8-9H2,1H3/b12-10+. The topological polar surface area (TPSA) is 29.5 Å². The average molecular weight is 293 g/mol. The fraction of sp³-hybridized carbons (Fsp3) is 0.286. The molecular weight excluding hydrogens is 278 g/mol. The van der Waals surface area contributed by atoms with Crippen LogP contribution in [0.25, 0.3) is 0 Å². The molecule has 2 rings (SSSR count). The summed E-state index contributed by atoms with van der Waals surface area (Å²) < 4.78 is 5.76. The first kappa shape index (κ1) is 14.1. The highest BCUT2D eigenvalue weighted by atomic mass is 32.2. The molecule has 0 aliphatic carbocycles. The van der Waals surface area contributed by atoms with Gasteiger partial charge in [-0.3, -0.25) is 9.69 Å². The lowest BCUT2D eigenvalue weighted by atomic mass is 10.1. The SMILES string of the molecule is CCO/C=C1/SC(=S)N(CCc2ccccc2)C1=O. The van der Waals surface area contributed by atoms with Crippen LogP contribution in [0.15, 0.2) is 41.5 Å². The quantitative estimate of drug-likeness (QED) is 0.474. The summed E-state index contributed by atoms with van der Waals surface area (Å²) in [5, 5.41) is 0. The van der Waals surface area contributed by atoms with E-state index in [1.165, 1.54) is 23.6 Å². The number of benzene rings is 1. The average Bonchev–Trinajstić information content (AvgIpc) is 2.70. The van der Waals surface area contributed by atoms with Crippen LogP contribution in [0.1, 0.15) is 12.5 Å². The van der Waals surface area contributed by atoms with Crippen molar-refractivity contribution in [1.29, 1.82) is 0 Å². The van der Waals surface area contributed by atoms with Crippen LogP contribution in [0.3, 0.4) is 0 Å². The van der Waals surface area contributed by atoms with Crippen LogP contribution >= 0.6 is 24.0 Å². The van der Waals surface area contributed by atoms with Gasteiger partial charge in [-0.05, 0) is 18.9 Å². The number of hydrogen-bond acceptors (Lipinski definition) is 4. The molecule has 1 aromatic carbocycles. The Morgan fingerprint density at radius 3 is 2.79 bits per heavy atom. The highest BCUT2D eigenvalue weighted by molar-refractivity contribution is 8.26. The fourth-order valence-electron chi connectivity index (χ4n) is 1.72. The molecule has 0 radical (unpaired) electrons. The lowest BCUT2D eigenvalue weighted by Gasteiger charge is -2.14. The normalized spacial score (nSPS) is 17.3. The Balaban J connectivity index is 1.97. The summed E-state index contributed by atoms with van der Waals surface area (Å²) in [5.74, 6) is -0.0561. The van der Waals surface area contributed by atoms with Gasteiger partial charge in [-0.2, -0.15) is 0 Å². The molecule has 1 heterocycles. The number of amides is 1. The molecule has 0 unspecified atom stereocenters. The smallest absolute Gasteiger partial charge is 0.269 e. The first-order valence-corrected chi connectivity index (χ1v) is 7.34. The molecule has 1 saturated heterocycles. The first-order chi connectivity index (χ1) is 9.22. The van der Waals surface area contributed by atoms with Crippen LogP contribution in [0, 0.1) is 0 Å². The molecule has 1 aliphatic rings. The summed E-state index contributed by atoms with van der Waals surface area (Å²) in [6.07, 6.45) is 2.30. The zero-order valence-corrected chi connectivity index (χ0v) is 12.3. The van der Waals surface area contributed by atoms with Gasteiger partial charge >= 0.3 is 0 Å². The van der Waals surface area contributed by atoms with Crippen LogP contribution in [0.5, 0.6) is 0 Å². The predicted octanol–water partition coefficient (Wildman–Crippen LogP) is 2.97. The molecule has 3 nitrogen and oxygen atoms in total. The second kappa shape index (κ2) is 6.73. The summed E-state index contributed by atoms with van der Waals surface area (Å²) in [6.45, 7) is 3.04. The van der Waals surface area contributed by atoms with Gasteiger partial charge in [-0.1, -0.05) is 54.3 Å². The summed E-state index contributed by atoms with van der Waals surface area (Å²) in [7, 11) is 0. The third-order valence-corrected chi connectivity index (χ3v) is 4.05. The van der Waals surface area contributed by atoms with Gasteiger partial charge in [0.15, 0.2) is 0 Å². The lowest BCUT2D eigenvalue weighted by Crippen LogP contribution is -2.30. The molecule has 0 aromatic heterocycles. The van der Waals surface area contributed by atoms with E-state index in [-0.39, 0.29) is 5.91 Å². The number of carbonyl (C=O) groups excluding carboxylic acids is 1. The highest BCUT2D eigenvalue weighted by Gasteiger charge is 2.32. The third kappa shape index (κ3) is 3.58. The Morgan fingerprint density at radius 1 is 1.37 bits per heavy atom. The van der Waals surface area contributed by atoms with Crippen molar-refractivity contribution in [3.8, 4) is 0 Å². The molecule has 0 saturated carbocycles. The molecule has 0 spiro atoms. The van der Waals surface area contributed by atoms with Crippen molar-refractivity contribution in [3.05, 3.63) is 47.1 Å². The molecule has 1 aliphatic heterocycles. The Hall–Kier alpha value is -1.33. The molecular formula is C14H15NO2S2. The van der Waals surface area contributed by atoms with Gasteiger partial charge in [-0.25, -0.2) is 0 Å². The van der Waals surface area contributed by atoms with Gasteiger partial charge in [0.1, 0.15) is 15.5 Å². The van der Waals surface area contributed by atoms with Crippen molar-refractivity contribution in [1.82, 2.24) is 4.90 Å². The molecule has 1 aromatic rings. The maximum Gasteiger partial charge on any atom is 0.269 e. The zero-order valence-electron chi connectivity index (χ0n) is 10.7. The van der Waals surface area contributed by atoms with Gasteiger partial charge in [0.25, 0.3) is 5.91 Å². The van der Waals surface area contributed by atoms with Crippen LogP contribution in [-0.2, 0) is 16.0 Å². The summed E-state index contributed by atoms with van der Waals surface area (Å²) in [6, 6.07) is 10.1. The molecule has 100 valence electrons. The maximum atomic E-state index is 12.1. The maximum absolute atomic E-state index is 12.1. The van der Waals surface area contributed by atoms with Gasteiger partial charge in [-0.15, -0.1) is 0 Å². The monoisotopic (exact) mass is 293 g/mol. The van der Waals surface area contributed by atoms with Crippen LogP contribution < -0.4 is 0 Å². The van der Waals surface area contributed by atoms with Gasteiger partial charge in [0.05, 0.1) is 6.61 Å². The summed E-state index contributed by atoms with van der Waals surface area (Å²) >= 11 is 6.53. The Kier molecular flexibility index (Phi) is 4.99. The van der Waals surface area contributed by atoms with Gasteiger partial charge in [0.2, 0.25) is 0 Å². The van der Waals surface area contributed by atoms with Crippen LogP contribution in [-0.4, -0.2) is 28.3 Å². The molecule has 1 fully saturated rings. The molecule has 0 N–H and O–H groups in total. The molecule has 19 heavy (non-hydrogen) atoms. The van der Waals surface area contributed by atoms with E-state index in [0.717, 1.165) is 6.42 Å². The van der Waals surface area contributed by atoms with Crippen molar-refractivity contribution in [3.63, 3.8) is 0 Å². The summed E-state index contributed by atoms with van der Waals surface area (Å²) in [5.41, 5.74) is 1.20. The van der Waals surface area contributed by atoms with E-state index in [1.54, 1.807) is 4.90 Å². The number of thiocarbonyl (C=S) groups is 1. The van der Waals surface area contributed by atoms with Gasteiger partial charge in [0, 0.05) is 6.54 Å².